The van der Waals surface area contributed by atoms with Crippen LogP contribution in [0.25, 0.3) is 0 Å². The van der Waals surface area contributed by atoms with Crippen molar-refractivity contribution in [3.8, 4) is 0 Å². The molecule has 1 aliphatic rings. The first-order chi connectivity index (χ1) is 7.18. The predicted molar refractivity (Wildman–Crippen MR) is 65.8 cm³/mol. The summed E-state index contributed by atoms with van der Waals surface area (Å²) in [6, 6.07) is 7.41. The molecule has 1 saturated heterocycles. The zero-order valence-electron chi connectivity index (χ0n) is 8.12. The third kappa shape index (κ3) is 2.34. The quantitative estimate of drug-likeness (QED) is 0.727. The van der Waals surface area contributed by atoms with E-state index in [1.54, 1.807) is 4.90 Å². The molecule has 1 fully saturated rings. The summed E-state index contributed by atoms with van der Waals surface area (Å²) >= 11 is 9.28. The number of hydrogen-bond donors (Lipinski definition) is 0. The average molecular weight is 289 g/mol. The van der Waals surface area contributed by atoms with Gasteiger partial charge in [-0.05, 0) is 31.0 Å². The summed E-state index contributed by atoms with van der Waals surface area (Å²) in [7, 11) is 0. The molecule has 0 saturated carbocycles. The number of rotatable bonds is 1. The summed E-state index contributed by atoms with van der Waals surface area (Å²) < 4.78 is 0. The van der Waals surface area contributed by atoms with Crippen LogP contribution in [0.1, 0.15) is 12.8 Å². The van der Waals surface area contributed by atoms with Crippen molar-refractivity contribution < 1.29 is 4.79 Å². The van der Waals surface area contributed by atoms with Crippen LogP contribution in [0.5, 0.6) is 0 Å². The van der Waals surface area contributed by atoms with E-state index in [4.69, 9.17) is 11.6 Å². The molecule has 15 heavy (non-hydrogen) atoms. The van der Waals surface area contributed by atoms with Crippen LogP contribution in [-0.4, -0.2) is 17.3 Å². The summed E-state index contributed by atoms with van der Waals surface area (Å²) in [6.07, 6.45) is 1.93. The molecule has 1 aromatic rings. The number of piperidine rings is 1. The lowest BCUT2D eigenvalue weighted by Crippen LogP contribution is -2.41. The topological polar surface area (TPSA) is 20.3 Å². The predicted octanol–water partition coefficient (Wildman–Crippen LogP) is 3.23. The molecule has 0 aromatic heterocycles. The normalized spacial score (nSPS) is 21.9. The Balaban J connectivity index is 2.26. The Labute approximate surface area is 102 Å². The summed E-state index contributed by atoms with van der Waals surface area (Å²) in [6.45, 7) is 0.779. The van der Waals surface area contributed by atoms with Gasteiger partial charge in [0.15, 0.2) is 0 Å². The van der Waals surface area contributed by atoms with Crippen LogP contribution in [0.4, 0.5) is 5.69 Å². The average Bonchev–Trinajstić information content (AvgIpc) is 2.22. The van der Waals surface area contributed by atoms with Crippen molar-refractivity contribution in [2.75, 3.05) is 11.4 Å². The van der Waals surface area contributed by atoms with Crippen LogP contribution >= 0.6 is 27.5 Å². The van der Waals surface area contributed by atoms with E-state index in [9.17, 15) is 4.79 Å². The first-order valence-electron chi connectivity index (χ1n) is 4.89. The molecule has 1 unspecified atom stereocenters. The van der Waals surface area contributed by atoms with Crippen molar-refractivity contribution in [1.29, 1.82) is 0 Å². The Kier molecular flexibility index (Phi) is 3.32. The molecule has 2 nitrogen and oxygen atoms in total. The van der Waals surface area contributed by atoms with E-state index in [-0.39, 0.29) is 10.7 Å². The van der Waals surface area contributed by atoms with Gasteiger partial charge in [-0.3, -0.25) is 4.79 Å². The second-order valence-corrected chi connectivity index (χ2v) is 5.12. The maximum absolute atomic E-state index is 11.9. The lowest BCUT2D eigenvalue weighted by molar-refractivity contribution is -0.118. The number of carbonyl (C=O) groups excluding carboxylic acids is 1. The zero-order valence-corrected chi connectivity index (χ0v) is 10.5. The highest BCUT2D eigenvalue weighted by molar-refractivity contribution is 9.10. The molecule has 1 atom stereocenters. The molecule has 4 heteroatoms. The molecule has 1 heterocycles. The summed E-state index contributed by atoms with van der Waals surface area (Å²) in [5, 5.41) is 0.664. The molecule has 0 aliphatic carbocycles. The molecular weight excluding hydrogens is 277 g/mol. The Bertz CT molecular complexity index is 383. The van der Waals surface area contributed by atoms with E-state index in [2.05, 4.69) is 15.9 Å². The molecule has 1 amide bonds. The number of alkyl halides is 1. The summed E-state index contributed by atoms with van der Waals surface area (Å²) in [5.74, 6) is 0.128. The number of amides is 1. The molecule has 1 aliphatic heterocycles. The smallest absolute Gasteiger partial charge is 0.240 e. The highest BCUT2D eigenvalue weighted by atomic mass is 79.9. The standard InChI is InChI=1S/C11H11BrClNO/c12-10-5-2-6-14(11(10)15)9-4-1-3-8(13)7-9/h1,3-4,7,10H,2,5-6H2. The molecule has 2 rings (SSSR count). The summed E-state index contributed by atoms with van der Waals surface area (Å²) in [4.78, 5) is 13.6. The van der Waals surface area contributed by atoms with Crippen molar-refractivity contribution in [1.82, 2.24) is 0 Å². The SMILES string of the molecule is O=C1C(Br)CCCN1c1cccc(Cl)c1. The van der Waals surface area contributed by atoms with Gasteiger partial charge in [-0.15, -0.1) is 0 Å². The van der Waals surface area contributed by atoms with Gasteiger partial charge in [-0.25, -0.2) is 0 Å². The fourth-order valence-electron chi connectivity index (χ4n) is 1.73. The first kappa shape index (κ1) is 11.0. The van der Waals surface area contributed by atoms with Crippen molar-refractivity contribution >= 4 is 39.1 Å². The van der Waals surface area contributed by atoms with Crippen molar-refractivity contribution in [3.05, 3.63) is 29.3 Å². The lowest BCUT2D eigenvalue weighted by Gasteiger charge is -2.29. The van der Waals surface area contributed by atoms with E-state index in [1.165, 1.54) is 0 Å². The molecule has 0 spiro atoms. The second kappa shape index (κ2) is 4.54. The molecule has 0 N–H and O–H groups in total. The minimum Gasteiger partial charge on any atom is -0.311 e. The first-order valence-corrected chi connectivity index (χ1v) is 6.19. The molecule has 1 aromatic carbocycles. The molecule has 80 valence electrons. The van der Waals surface area contributed by atoms with Gasteiger partial charge >= 0.3 is 0 Å². The van der Waals surface area contributed by atoms with E-state index < -0.39 is 0 Å². The number of anilines is 1. The highest BCUT2D eigenvalue weighted by Crippen LogP contribution is 2.26. The Morgan fingerprint density at radius 3 is 3.00 bits per heavy atom. The third-order valence-electron chi connectivity index (χ3n) is 2.49. The fourth-order valence-corrected chi connectivity index (χ4v) is 2.49. The van der Waals surface area contributed by atoms with Crippen molar-refractivity contribution in [2.45, 2.75) is 17.7 Å². The summed E-state index contributed by atoms with van der Waals surface area (Å²) in [5.41, 5.74) is 0.886. The maximum Gasteiger partial charge on any atom is 0.240 e. The van der Waals surface area contributed by atoms with Gasteiger partial charge in [0.2, 0.25) is 5.91 Å². The Morgan fingerprint density at radius 1 is 1.47 bits per heavy atom. The largest absolute Gasteiger partial charge is 0.311 e. The third-order valence-corrected chi connectivity index (χ3v) is 3.58. The fraction of sp³-hybridized carbons (Fsp3) is 0.364. The van der Waals surface area contributed by atoms with Gasteiger partial charge in [-0.2, -0.15) is 0 Å². The van der Waals surface area contributed by atoms with Gasteiger partial charge in [0.05, 0.1) is 4.83 Å². The van der Waals surface area contributed by atoms with Crippen LogP contribution < -0.4 is 4.90 Å². The van der Waals surface area contributed by atoms with Crippen molar-refractivity contribution in [3.63, 3.8) is 0 Å². The number of benzene rings is 1. The van der Waals surface area contributed by atoms with Gasteiger partial charge in [-0.1, -0.05) is 33.6 Å². The second-order valence-electron chi connectivity index (χ2n) is 3.58. The van der Waals surface area contributed by atoms with Gasteiger partial charge in [0, 0.05) is 17.3 Å². The number of nitrogens with zero attached hydrogens (tertiary/aromatic N) is 1. The Hall–Kier alpha value is -0.540. The number of halogens is 2. The van der Waals surface area contributed by atoms with Gasteiger partial charge < -0.3 is 4.90 Å². The van der Waals surface area contributed by atoms with Crippen LogP contribution in [0, 0.1) is 0 Å². The monoisotopic (exact) mass is 287 g/mol. The van der Waals surface area contributed by atoms with Crippen LogP contribution in [0.2, 0.25) is 5.02 Å². The van der Waals surface area contributed by atoms with Gasteiger partial charge in [0.1, 0.15) is 0 Å². The lowest BCUT2D eigenvalue weighted by atomic mass is 10.1. The number of hydrogen-bond acceptors (Lipinski definition) is 1. The zero-order chi connectivity index (χ0) is 10.8. The van der Waals surface area contributed by atoms with E-state index in [0.717, 1.165) is 25.1 Å². The molecule has 0 bridgehead atoms. The number of carbonyl (C=O) groups is 1. The van der Waals surface area contributed by atoms with Crippen LogP contribution in [0.15, 0.2) is 24.3 Å². The minimum absolute atomic E-state index is 0.0507. The van der Waals surface area contributed by atoms with Crippen LogP contribution in [0.3, 0.4) is 0 Å². The highest BCUT2D eigenvalue weighted by Gasteiger charge is 2.27. The molecular formula is C11H11BrClNO. The van der Waals surface area contributed by atoms with Crippen LogP contribution in [-0.2, 0) is 4.79 Å². The minimum atomic E-state index is -0.0507. The van der Waals surface area contributed by atoms with Gasteiger partial charge in [0.25, 0.3) is 0 Å². The maximum atomic E-state index is 11.9. The van der Waals surface area contributed by atoms with E-state index in [0.29, 0.717) is 5.02 Å². The molecule has 0 radical (unpaired) electrons. The van der Waals surface area contributed by atoms with Crippen molar-refractivity contribution in [2.24, 2.45) is 0 Å². The Morgan fingerprint density at radius 2 is 2.27 bits per heavy atom. The van der Waals surface area contributed by atoms with E-state index >= 15 is 0 Å². The van der Waals surface area contributed by atoms with E-state index in [1.807, 2.05) is 24.3 Å².